The molecule has 84 valence electrons. The van der Waals surface area contributed by atoms with Gasteiger partial charge in [-0.1, -0.05) is 12.1 Å². The van der Waals surface area contributed by atoms with Gasteiger partial charge in [0.1, 0.15) is 0 Å². The number of benzene rings is 1. The third-order valence-corrected chi connectivity index (χ3v) is 2.61. The standard InChI is InChI=1S/C12H14N2O2/c1-8(15)9-3-2-4-10(7-9)13-11-5-6-12(16)14-11/h2-4,7,11,13H,5-6H2,1H3,(H,14,16). The Bertz CT molecular complexity index is 429. The molecule has 16 heavy (non-hydrogen) atoms. The van der Waals surface area contributed by atoms with Crippen LogP contribution in [-0.2, 0) is 4.79 Å². The van der Waals surface area contributed by atoms with Gasteiger partial charge in [-0.15, -0.1) is 0 Å². The molecule has 0 saturated carbocycles. The van der Waals surface area contributed by atoms with Gasteiger partial charge in [-0.2, -0.15) is 0 Å². The Balaban J connectivity index is 2.07. The third-order valence-electron chi connectivity index (χ3n) is 2.61. The highest BCUT2D eigenvalue weighted by Crippen LogP contribution is 2.15. The monoisotopic (exact) mass is 218 g/mol. The summed E-state index contributed by atoms with van der Waals surface area (Å²) in [6.07, 6.45) is 1.32. The lowest BCUT2D eigenvalue weighted by Gasteiger charge is -2.14. The quantitative estimate of drug-likeness (QED) is 0.756. The minimum atomic E-state index is -0.0188. The zero-order chi connectivity index (χ0) is 11.5. The van der Waals surface area contributed by atoms with Crippen LogP contribution in [0.25, 0.3) is 0 Å². The van der Waals surface area contributed by atoms with Gasteiger partial charge in [0.25, 0.3) is 0 Å². The van der Waals surface area contributed by atoms with Crippen molar-refractivity contribution in [3.63, 3.8) is 0 Å². The molecule has 1 saturated heterocycles. The maximum Gasteiger partial charge on any atom is 0.221 e. The van der Waals surface area contributed by atoms with Crippen LogP contribution in [0.3, 0.4) is 0 Å². The summed E-state index contributed by atoms with van der Waals surface area (Å²) in [4.78, 5) is 22.2. The van der Waals surface area contributed by atoms with Crippen LogP contribution in [0, 0.1) is 0 Å². The van der Waals surface area contributed by atoms with E-state index in [4.69, 9.17) is 0 Å². The average Bonchev–Trinajstić information content (AvgIpc) is 2.64. The minimum absolute atomic E-state index is 0.0188. The van der Waals surface area contributed by atoms with Crippen molar-refractivity contribution in [1.29, 1.82) is 0 Å². The molecule has 1 atom stereocenters. The first-order valence-electron chi connectivity index (χ1n) is 5.32. The molecule has 1 fully saturated rings. The molecule has 0 bridgehead atoms. The first-order valence-corrected chi connectivity index (χ1v) is 5.32. The third kappa shape index (κ3) is 2.39. The molecule has 1 aliphatic rings. The highest BCUT2D eigenvalue weighted by atomic mass is 16.2. The Morgan fingerprint density at radius 2 is 2.31 bits per heavy atom. The van der Waals surface area contributed by atoms with Crippen molar-refractivity contribution < 1.29 is 9.59 Å². The first kappa shape index (κ1) is 10.7. The summed E-state index contributed by atoms with van der Waals surface area (Å²) in [5.74, 6) is 0.110. The number of rotatable bonds is 3. The summed E-state index contributed by atoms with van der Waals surface area (Å²) in [6.45, 7) is 1.54. The van der Waals surface area contributed by atoms with Gasteiger partial charge in [-0.3, -0.25) is 9.59 Å². The predicted molar refractivity (Wildman–Crippen MR) is 61.2 cm³/mol. The highest BCUT2D eigenvalue weighted by Gasteiger charge is 2.20. The molecule has 4 heteroatoms. The lowest BCUT2D eigenvalue weighted by Crippen LogP contribution is -2.32. The maximum atomic E-state index is 11.2. The number of ketones is 1. The Labute approximate surface area is 94.0 Å². The Morgan fingerprint density at radius 1 is 1.50 bits per heavy atom. The lowest BCUT2D eigenvalue weighted by molar-refractivity contribution is -0.119. The largest absolute Gasteiger partial charge is 0.365 e. The van der Waals surface area contributed by atoms with Crippen molar-refractivity contribution in [2.75, 3.05) is 5.32 Å². The summed E-state index contributed by atoms with van der Waals surface area (Å²) in [5, 5.41) is 6.00. The van der Waals surface area contributed by atoms with E-state index in [2.05, 4.69) is 10.6 Å². The molecule has 1 aliphatic heterocycles. The van der Waals surface area contributed by atoms with Crippen molar-refractivity contribution in [2.24, 2.45) is 0 Å². The molecule has 2 N–H and O–H groups in total. The van der Waals surface area contributed by atoms with Gasteiger partial charge >= 0.3 is 0 Å². The fourth-order valence-electron chi connectivity index (χ4n) is 1.75. The van der Waals surface area contributed by atoms with Crippen molar-refractivity contribution in [3.8, 4) is 0 Å². The van der Waals surface area contributed by atoms with Gasteiger partial charge in [0.05, 0.1) is 6.17 Å². The maximum absolute atomic E-state index is 11.2. The number of nitrogens with one attached hydrogen (secondary N) is 2. The van der Waals surface area contributed by atoms with Gasteiger partial charge in [0.2, 0.25) is 5.91 Å². The van der Waals surface area contributed by atoms with Crippen molar-refractivity contribution in [1.82, 2.24) is 5.32 Å². The molecule has 1 heterocycles. The number of hydrogen-bond donors (Lipinski definition) is 2. The van der Waals surface area contributed by atoms with E-state index in [1.807, 2.05) is 12.1 Å². The normalized spacial score (nSPS) is 19.3. The van der Waals surface area contributed by atoms with Gasteiger partial charge in [0, 0.05) is 17.7 Å². The highest BCUT2D eigenvalue weighted by molar-refractivity contribution is 5.94. The second-order valence-corrected chi connectivity index (χ2v) is 3.94. The van der Waals surface area contributed by atoms with E-state index < -0.39 is 0 Å². The zero-order valence-electron chi connectivity index (χ0n) is 9.12. The van der Waals surface area contributed by atoms with Gasteiger partial charge < -0.3 is 10.6 Å². The molecule has 0 spiro atoms. The Hall–Kier alpha value is -1.84. The summed E-state index contributed by atoms with van der Waals surface area (Å²) in [5.41, 5.74) is 1.54. The van der Waals surface area contributed by atoms with E-state index in [9.17, 15) is 9.59 Å². The van der Waals surface area contributed by atoms with Crippen molar-refractivity contribution in [2.45, 2.75) is 25.9 Å². The number of anilines is 1. The zero-order valence-corrected chi connectivity index (χ0v) is 9.12. The molecule has 1 amide bonds. The molecule has 1 aromatic carbocycles. The van der Waals surface area contributed by atoms with E-state index in [1.165, 1.54) is 6.92 Å². The molecule has 1 unspecified atom stereocenters. The fourth-order valence-corrected chi connectivity index (χ4v) is 1.75. The van der Waals surface area contributed by atoms with E-state index in [-0.39, 0.29) is 17.9 Å². The van der Waals surface area contributed by atoms with E-state index in [0.717, 1.165) is 12.1 Å². The van der Waals surface area contributed by atoms with Crippen LogP contribution in [0.1, 0.15) is 30.1 Å². The van der Waals surface area contributed by atoms with E-state index in [1.54, 1.807) is 12.1 Å². The molecular weight excluding hydrogens is 204 g/mol. The molecule has 0 aromatic heterocycles. The van der Waals surface area contributed by atoms with Crippen LogP contribution < -0.4 is 10.6 Å². The van der Waals surface area contributed by atoms with Crippen molar-refractivity contribution >= 4 is 17.4 Å². The topological polar surface area (TPSA) is 58.2 Å². The van der Waals surface area contributed by atoms with E-state index in [0.29, 0.717) is 12.0 Å². The van der Waals surface area contributed by atoms with Gasteiger partial charge in [-0.05, 0) is 25.5 Å². The van der Waals surface area contributed by atoms with Crippen LogP contribution in [-0.4, -0.2) is 17.9 Å². The smallest absolute Gasteiger partial charge is 0.221 e. The minimum Gasteiger partial charge on any atom is -0.365 e. The second kappa shape index (κ2) is 4.35. The van der Waals surface area contributed by atoms with Crippen LogP contribution in [0.15, 0.2) is 24.3 Å². The number of carbonyl (C=O) groups is 2. The molecule has 2 rings (SSSR count). The number of Topliss-reactive ketones (excluding diaryl/α,β-unsaturated/α-hetero) is 1. The van der Waals surface area contributed by atoms with Gasteiger partial charge in [-0.25, -0.2) is 0 Å². The van der Waals surface area contributed by atoms with Crippen molar-refractivity contribution in [3.05, 3.63) is 29.8 Å². The summed E-state index contributed by atoms with van der Waals surface area (Å²) < 4.78 is 0. The van der Waals surface area contributed by atoms with Crippen LogP contribution in [0.4, 0.5) is 5.69 Å². The number of amides is 1. The second-order valence-electron chi connectivity index (χ2n) is 3.94. The Morgan fingerprint density at radius 3 is 2.94 bits per heavy atom. The number of hydrogen-bond acceptors (Lipinski definition) is 3. The predicted octanol–water partition coefficient (Wildman–Crippen LogP) is 1.54. The SMILES string of the molecule is CC(=O)c1cccc(NC2CCC(=O)N2)c1. The molecule has 0 radical (unpaired) electrons. The Kier molecular flexibility index (Phi) is 2.90. The molecule has 1 aromatic rings. The summed E-state index contributed by atoms with van der Waals surface area (Å²) >= 11 is 0. The summed E-state index contributed by atoms with van der Waals surface area (Å²) in [6, 6.07) is 7.29. The molecule has 4 nitrogen and oxygen atoms in total. The van der Waals surface area contributed by atoms with Crippen LogP contribution in [0.5, 0.6) is 0 Å². The van der Waals surface area contributed by atoms with Gasteiger partial charge in [0.15, 0.2) is 5.78 Å². The molecule has 0 aliphatic carbocycles. The number of carbonyl (C=O) groups excluding carboxylic acids is 2. The fraction of sp³-hybridized carbons (Fsp3) is 0.333. The lowest BCUT2D eigenvalue weighted by atomic mass is 10.1. The van der Waals surface area contributed by atoms with Crippen LogP contribution in [0.2, 0.25) is 0 Å². The van der Waals surface area contributed by atoms with Crippen LogP contribution >= 0.6 is 0 Å². The first-order chi connectivity index (χ1) is 7.65. The van der Waals surface area contributed by atoms with E-state index >= 15 is 0 Å². The average molecular weight is 218 g/mol. The summed E-state index contributed by atoms with van der Waals surface area (Å²) in [7, 11) is 0. The molecular formula is C12H14N2O2.